The molecule has 3 aromatic rings. The first-order valence-corrected chi connectivity index (χ1v) is 10.3. The van der Waals surface area contributed by atoms with Crippen LogP contribution < -0.4 is 0 Å². The van der Waals surface area contributed by atoms with Crippen LogP contribution in [0, 0.1) is 23.7 Å². The van der Waals surface area contributed by atoms with Gasteiger partial charge in [0.05, 0.1) is 0 Å². The molecule has 0 saturated carbocycles. The van der Waals surface area contributed by atoms with Crippen molar-refractivity contribution < 1.29 is 0 Å². The van der Waals surface area contributed by atoms with Crippen molar-refractivity contribution in [3.8, 4) is 23.7 Å². The van der Waals surface area contributed by atoms with Crippen molar-refractivity contribution in [3.63, 3.8) is 0 Å². The quantitative estimate of drug-likeness (QED) is 0.373. The summed E-state index contributed by atoms with van der Waals surface area (Å²) in [6, 6.07) is 20.2. The summed E-state index contributed by atoms with van der Waals surface area (Å²) >= 11 is 8.65. The van der Waals surface area contributed by atoms with Crippen molar-refractivity contribution in [2.75, 3.05) is 0 Å². The molecule has 0 unspecified atom stereocenters. The summed E-state index contributed by atoms with van der Waals surface area (Å²) < 4.78 is 0. The van der Waals surface area contributed by atoms with E-state index in [1.54, 1.807) is 0 Å². The number of hydrogen-bond acceptors (Lipinski definition) is 2. The molecule has 0 aliphatic carbocycles. The molecular formula is C26H22S2. The van der Waals surface area contributed by atoms with E-state index in [-0.39, 0.29) is 0 Å². The Bertz CT molecular complexity index is 993. The van der Waals surface area contributed by atoms with Gasteiger partial charge >= 0.3 is 0 Å². The molecule has 0 nitrogen and oxygen atoms in total. The van der Waals surface area contributed by atoms with E-state index in [0.29, 0.717) is 0 Å². The van der Waals surface area contributed by atoms with E-state index in [9.17, 15) is 0 Å². The third kappa shape index (κ3) is 5.26. The van der Waals surface area contributed by atoms with Gasteiger partial charge in [-0.2, -0.15) is 0 Å². The Morgan fingerprint density at radius 1 is 0.571 bits per heavy atom. The van der Waals surface area contributed by atoms with Gasteiger partial charge in [0.15, 0.2) is 0 Å². The van der Waals surface area contributed by atoms with Crippen LogP contribution >= 0.6 is 25.3 Å². The molecule has 0 atom stereocenters. The predicted octanol–water partition coefficient (Wildman–Crippen LogP) is 6.19. The van der Waals surface area contributed by atoms with E-state index in [1.807, 2.05) is 48.5 Å². The van der Waals surface area contributed by atoms with Crippen LogP contribution in [0.1, 0.15) is 47.2 Å². The number of aryl methyl sites for hydroxylation is 2. The summed E-state index contributed by atoms with van der Waals surface area (Å²) in [5.41, 5.74) is 6.61. The maximum absolute atomic E-state index is 4.32. The van der Waals surface area contributed by atoms with E-state index < -0.39 is 0 Å². The number of hydrogen-bond donors (Lipinski definition) is 2. The Balaban J connectivity index is 1.96. The summed E-state index contributed by atoms with van der Waals surface area (Å²) in [5, 5.41) is 0. The third-order valence-electron chi connectivity index (χ3n) is 4.51. The molecule has 2 heteroatoms. The highest BCUT2D eigenvalue weighted by Crippen LogP contribution is 2.18. The second-order valence-corrected chi connectivity index (χ2v) is 7.50. The van der Waals surface area contributed by atoms with Crippen LogP contribution in [0.5, 0.6) is 0 Å². The summed E-state index contributed by atoms with van der Waals surface area (Å²) in [4.78, 5) is 1.89. The Hall–Kier alpha value is -2.52. The molecule has 0 saturated heterocycles. The topological polar surface area (TPSA) is 0 Å². The van der Waals surface area contributed by atoms with E-state index in [1.165, 1.54) is 11.1 Å². The van der Waals surface area contributed by atoms with Gasteiger partial charge in [-0.15, -0.1) is 25.3 Å². The minimum absolute atomic E-state index is 0.923. The van der Waals surface area contributed by atoms with Gasteiger partial charge in [0, 0.05) is 32.0 Å². The molecule has 0 spiro atoms. The van der Waals surface area contributed by atoms with Crippen LogP contribution in [0.15, 0.2) is 70.5 Å². The highest BCUT2D eigenvalue weighted by atomic mass is 32.1. The van der Waals surface area contributed by atoms with Gasteiger partial charge in [0.1, 0.15) is 0 Å². The summed E-state index contributed by atoms with van der Waals surface area (Å²) in [6.45, 7) is 4.31. The van der Waals surface area contributed by atoms with E-state index in [4.69, 9.17) is 0 Å². The first kappa shape index (κ1) is 20.2. The fourth-order valence-corrected chi connectivity index (χ4v) is 3.17. The van der Waals surface area contributed by atoms with Crippen LogP contribution in [-0.4, -0.2) is 0 Å². The zero-order chi connectivity index (χ0) is 19.9. The maximum Gasteiger partial charge on any atom is 0.0284 e. The standard InChI is InChI=1S/C26H22S2/c1-3-21-17-24(12-6-20-9-15-26(28)16-10-20)22(4-2)18-23(21)11-5-19-7-13-25(27)14-8-19/h7-10,13-18,27-28H,3-4H2,1-2H3. The predicted molar refractivity (Wildman–Crippen MR) is 125 cm³/mol. The van der Waals surface area contributed by atoms with Gasteiger partial charge in [0.25, 0.3) is 0 Å². The first-order chi connectivity index (χ1) is 13.6. The largest absolute Gasteiger partial charge is 0.143 e. The molecule has 0 bridgehead atoms. The monoisotopic (exact) mass is 398 g/mol. The lowest BCUT2D eigenvalue weighted by Gasteiger charge is -2.08. The minimum Gasteiger partial charge on any atom is -0.143 e. The molecule has 138 valence electrons. The average Bonchev–Trinajstić information content (AvgIpc) is 2.72. The van der Waals surface area contributed by atoms with Crippen LogP contribution in [0.2, 0.25) is 0 Å². The number of benzene rings is 3. The van der Waals surface area contributed by atoms with Gasteiger partial charge in [0.2, 0.25) is 0 Å². The van der Waals surface area contributed by atoms with Crippen LogP contribution in [0.4, 0.5) is 0 Å². The van der Waals surface area contributed by atoms with Crippen LogP contribution in [-0.2, 0) is 12.8 Å². The maximum atomic E-state index is 4.32. The van der Waals surface area contributed by atoms with Crippen molar-refractivity contribution in [1.82, 2.24) is 0 Å². The molecule has 0 radical (unpaired) electrons. The van der Waals surface area contributed by atoms with Crippen molar-refractivity contribution >= 4 is 25.3 Å². The number of thiol groups is 2. The van der Waals surface area contributed by atoms with Crippen LogP contribution in [0.25, 0.3) is 0 Å². The summed E-state index contributed by atoms with van der Waals surface area (Å²) in [7, 11) is 0. The SMILES string of the molecule is CCc1cc(C#Cc2ccc(S)cc2)c(CC)cc1C#Cc1ccc(S)cc1. The fraction of sp³-hybridized carbons (Fsp3) is 0.154. The normalized spacial score (nSPS) is 9.86. The van der Waals surface area contributed by atoms with Crippen molar-refractivity contribution in [2.24, 2.45) is 0 Å². The summed E-state index contributed by atoms with van der Waals surface area (Å²) in [6.07, 6.45) is 1.85. The Labute approximate surface area is 179 Å². The minimum atomic E-state index is 0.923. The molecule has 0 aromatic heterocycles. The molecule has 0 heterocycles. The first-order valence-electron chi connectivity index (χ1n) is 9.37. The van der Waals surface area contributed by atoms with Gasteiger partial charge in [-0.1, -0.05) is 37.5 Å². The zero-order valence-corrected chi connectivity index (χ0v) is 17.9. The van der Waals surface area contributed by atoms with Crippen molar-refractivity contribution in [2.45, 2.75) is 36.5 Å². The zero-order valence-electron chi connectivity index (χ0n) is 16.1. The second kappa shape index (κ2) is 9.61. The Morgan fingerprint density at radius 3 is 1.25 bits per heavy atom. The average molecular weight is 399 g/mol. The molecule has 0 amide bonds. The van der Waals surface area contributed by atoms with Gasteiger partial charge in [-0.25, -0.2) is 0 Å². The van der Waals surface area contributed by atoms with Crippen molar-refractivity contribution in [3.05, 3.63) is 94.0 Å². The highest BCUT2D eigenvalue weighted by Gasteiger charge is 2.05. The van der Waals surface area contributed by atoms with Gasteiger partial charge in [-0.3, -0.25) is 0 Å². The Kier molecular flexibility index (Phi) is 6.94. The molecule has 0 aliphatic rings. The second-order valence-electron chi connectivity index (χ2n) is 6.47. The highest BCUT2D eigenvalue weighted by molar-refractivity contribution is 7.80. The molecule has 28 heavy (non-hydrogen) atoms. The smallest absolute Gasteiger partial charge is 0.0284 e. The van der Waals surface area contributed by atoms with Crippen molar-refractivity contribution in [1.29, 1.82) is 0 Å². The van der Waals surface area contributed by atoms with Gasteiger partial charge in [-0.05, 0) is 84.6 Å². The third-order valence-corrected chi connectivity index (χ3v) is 5.10. The van der Waals surface area contributed by atoms with Crippen LogP contribution in [0.3, 0.4) is 0 Å². The molecule has 0 fully saturated rings. The fourth-order valence-electron chi connectivity index (χ4n) is 2.88. The Morgan fingerprint density at radius 2 is 0.929 bits per heavy atom. The molecule has 3 rings (SSSR count). The molecule has 0 N–H and O–H groups in total. The molecular weight excluding hydrogens is 376 g/mol. The molecule has 3 aromatic carbocycles. The van der Waals surface area contributed by atoms with Gasteiger partial charge < -0.3 is 0 Å². The van der Waals surface area contributed by atoms with E-state index in [2.05, 4.69) is 74.9 Å². The van der Waals surface area contributed by atoms with E-state index >= 15 is 0 Å². The van der Waals surface area contributed by atoms with E-state index in [0.717, 1.165) is 44.9 Å². The lowest BCUT2D eigenvalue weighted by Crippen LogP contribution is -1.96. The molecule has 0 aliphatic heterocycles. The number of rotatable bonds is 2. The lowest BCUT2D eigenvalue weighted by atomic mass is 9.95. The lowest BCUT2D eigenvalue weighted by molar-refractivity contribution is 1.08. The summed E-state index contributed by atoms with van der Waals surface area (Å²) in [5.74, 6) is 13.2.